The molecule has 1 nitrogen and oxygen atoms in total. The Kier molecular flexibility index (Phi) is 2.39. The van der Waals surface area contributed by atoms with E-state index < -0.39 is 0 Å². The Hall–Kier alpha value is -0.0400. The van der Waals surface area contributed by atoms with Gasteiger partial charge in [-0.1, -0.05) is 39.5 Å². The Morgan fingerprint density at radius 1 is 1.23 bits per heavy atom. The molecule has 0 radical (unpaired) electrons. The van der Waals surface area contributed by atoms with E-state index in [-0.39, 0.29) is 5.60 Å². The van der Waals surface area contributed by atoms with E-state index in [9.17, 15) is 5.11 Å². The first-order valence-corrected chi connectivity index (χ1v) is 5.84. The highest BCUT2D eigenvalue weighted by atomic mass is 16.3. The topological polar surface area (TPSA) is 20.2 Å². The normalized spacial score (nSPS) is 46.4. The zero-order valence-electron chi connectivity index (χ0n) is 8.92. The molecular formula is C12H22O. The molecule has 13 heavy (non-hydrogen) atoms. The molecule has 0 amide bonds. The van der Waals surface area contributed by atoms with Crippen molar-refractivity contribution < 1.29 is 5.11 Å². The Labute approximate surface area is 81.5 Å². The van der Waals surface area contributed by atoms with Gasteiger partial charge in [0.1, 0.15) is 0 Å². The summed E-state index contributed by atoms with van der Waals surface area (Å²) >= 11 is 0. The molecule has 0 saturated heterocycles. The zero-order valence-corrected chi connectivity index (χ0v) is 8.92. The van der Waals surface area contributed by atoms with Gasteiger partial charge in [0.15, 0.2) is 0 Å². The zero-order chi connectivity index (χ0) is 9.47. The van der Waals surface area contributed by atoms with Crippen molar-refractivity contribution in [2.45, 2.75) is 58.0 Å². The molecule has 2 rings (SSSR count). The Bertz CT molecular complexity index is 186. The van der Waals surface area contributed by atoms with E-state index in [1.165, 1.54) is 25.7 Å². The molecule has 1 N–H and O–H groups in total. The van der Waals surface area contributed by atoms with Crippen molar-refractivity contribution in [3.63, 3.8) is 0 Å². The minimum atomic E-state index is -0.307. The summed E-state index contributed by atoms with van der Waals surface area (Å²) in [5, 5.41) is 10.5. The predicted molar refractivity (Wildman–Crippen MR) is 54.5 cm³/mol. The summed E-state index contributed by atoms with van der Waals surface area (Å²) in [7, 11) is 0. The highest BCUT2D eigenvalue weighted by molar-refractivity contribution is 4.94. The van der Waals surface area contributed by atoms with Crippen LogP contribution in [0.1, 0.15) is 52.4 Å². The summed E-state index contributed by atoms with van der Waals surface area (Å²) in [6, 6.07) is 0. The maximum Gasteiger partial charge on any atom is 0.0678 e. The Morgan fingerprint density at radius 2 is 1.92 bits per heavy atom. The van der Waals surface area contributed by atoms with Gasteiger partial charge >= 0.3 is 0 Å². The third kappa shape index (κ3) is 1.90. The highest BCUT2D eigenvalue weighted by Gasteiger charge is 2.43. The van der Waals surface area contributed by atoms with E-state index in [2.05, 4.69) is 13.8 Å². The van der Waals surface area contributed by atoms with Gasteiger partial charge in [0.05, 0.1) is 5.60 Å². The molecule has 0 heterocycles. The van der Waals surface area contributed by atoms with Gasteiger partial charge in [-0.05, 0) is 30.6 Å². The molecule has 2 fully saturated rings. The second kappa shape index (κ2) is 3.27. The standard InChI is InChI=1S/C12H22O/c1-9-4-3-7-12(13,10(9)2)8-11-5-6-11/h9-11,13H,3-8H2,1-2H3. The number of aliphatic hydroxyl groups is 1. The minimum Gasteiger partial charge on any atom is -0.390 e. The Morgan fingerprint density at radius 3 is 2.54 bits per heavy atom. The molecule has 2 saturated carbocycles. The van der Waals surface area contributed by atoms with Crippen molar-refractivity contribution in [3.05, 3.63) is 0 Å². The maximum atomic E-state index is 10.5. The van der Waals surface area contributed by atoms with Crippen LogP contribution < -0.4 is 0 Å². The van der Waals surface area contributed by atoms with Crippen molar-refractivity contribution in [1.82, 2.24) is 0 Å². The van der Waals surface area contributed by atoms with Crippen LogP contribution in [0.3, 0.4) is 0 Å². The van der Waals surface area contributed by atoms with E-state index in [1.54, 1.807) is 0 Å². The molecule has 0 aromatic rings. The number of rotatable bonds is 2. The third-order valence-electron chi connectivity index (χ3n) is 4.31. The third-order valence-corrected chi connectivity index (χ3v) is 4.31. The van der Waals surface area contributed by atoms with Gasteiger partial charge in [-0.3, -0.25) is 0 Å². The molecule has 0 spiro atoms. The van der Waals surface area contributed by atoms with Crippen molar-refractivity contribution in [1.29, 1.82) is 0 Å². The lowest BCUT2D eigenvalue weighted by Crippen LogP contribution is -2.43. The van der Waals surface area contributed by atoms with E-state index >= 15 is 0 Å². The van der Waals surface area contributed by atoms with Gasteiger partial charge in [-0.15, -0.1) is 0 Å². The molecule has 0 aromatic carbocycles. The van der Waals surface area contributed by atoms with Crippen LogP contribution in [0.5, 0.6) is 0 Å². The van der Waals surface area contributed by atoms with Gasteiger partial charge in [-0.25, -0.2) is 0 Å². The van der Waals surface area contributed by atoms with Gasteiger partial charge in [-0.2, -0.15) is 0 Å². The molecule has 2 aliphatic carbocycles. The fraction of sp³-hybridized carbons (Fsp3) is 1.00. The first-order valence-electron chi connectivity index (χ1n) is 5.84. The SMILES string of the molecule is CC1CCCC(O)(CC2CC2)C1C. The lowest BCUT2D eigenvalue weighted by atomic mass is 9.68. The van der Waals surface area contributed by atoms with Gasteiger partial charge in [0, 0.05) is 0 Å². The largest absolute Gasteiger partial charge is 0.390 e. The van der Waals surface area contributed by atoms with Gasteiger partial charge in [0.2, 0.25) is 0 Å². The smallest absolute Gasteiger partial charge is 0.0678 e. The summed E-state index contributed by atoms with van der Waals surface area (Å²) < 4.78 is 0. The Balaban J connectivity index is 1.99. The molecule has 3 unspecified atom stereocenters. The number of hydrogen-bond acceptors (Lipinski definition) is 1. The summed E-state index contributed by atoms with van der Waals surface area (Å²) in [5.41, 5.74) is -0.307. The molecular weight excluding hydrogens is 160 g/mol. The van der Waals surface area contributed by atoms with Crippen LogP contribution in [-0.4, -0.2) is 10.7 Å². The molecule has 76 valence electrons. The lowest BCUT2D eigenvalue weighted by molar-refractivity contribution is -0.0725. The second-order valence-electron chi connectivity index (χ2n) is 5.41. The van der Waals surface area contributed by atoms with Crippen LogP contribution >= 0.6 is 0 Å². The monoisotopic (exact) mass is 182 g/mol. The van der Waals surface area contributed by atoms with Crippen LogP contribution in [0.4, 0.5) is 0 Å². The highest BCUT2D eigenvalue weighted by Crippen LogP contribution is 2.46. The summed E-state index contributed by atoms with van der Waals surface area (Å²) in [6.45, 7) is 4.54. The molecule has 1 heteroatoms. The predicted octanol–water partition coefficient (Wildman–Crippen LogP) is 2.97. The van der Waals surface area contributed by atoms with Crippen LogP contribution in [0, 0.1) is 17.8 Å². The van der Waals surface area contributed by atoms with E-state index in [0.29, 0.717) is 5.92 Å². The van der Waals surface area contributed by atoms with Crippen molar-refractivity contribution in [2.24, 2.45) is 17.8 Å². The average molecular weight is 182 g/mol. The van der Waals surface area contributed by atoms with E-state index in [4.69, 9.17) is 0 Å². The van der Waals surface area contributed by atoms with Gasteiger partial charge < -0.3 is 5.11 Å². The fourth-order valence-electron chi connectivity index (χ4n) is 2.85. The maximum absolute atomic E-state index is 10.5. The summed E-state index contributed by atoms with van der Waals surface area (Å²) in [4.78, 5) is 0. The van der Waals surface area contributed by atoms with Crippen LogP contribution in [-0.2, 0) is 0 Å². The van der Waals surface area contributed by atoms with Crippen LogP contribution in [0.25, 0.3) is 0 Å². The molecule has 3 atom stereocenters. The van der Waals surface area contributed by atoms with Crippen molar-refractivity contribution in [2.75, 3.05) is 0 Å². The second-order valence-corrected chi connectivity index (χ2v) is 5.41. The molecule has 0 aromatic heterocycles. The minimum absolute atomic E-state index is 0.307. The molecule has 0 bridgehead atoms. The summed E-state index contributed by atoms with van der Waals surface area (Å²) in [5.74, 6) is 2.09. The van der Waals surface area contributed by atoms with Crippen LogP contribution in [0.2, 0.25) is 0 Å². The van der Waals surface area contributed by atoms with E-state index in [0.717, 1.165) is 24.7 Å². The first kappa shape index (κ1) is 9.51. The first-order chi connectivity index (χ1) is 6.12. The quantitative estimate of drug-likeness (QED) is 0.696. The van der Waals surface area contributed by atoms with Crippen molar-refractivity contribution >= 4 is 0 Å². The number of hydrogen-bond donors (Lipinski definition) is 1. The average Bonchev–Trinajstić information content (AvgIpc) is 2.84. The fourth-order valence-corrected chi connectivity index (χ4v) is 2.85. The molecule has 2 aliphatic rings. The summed E-state index contributed by atoms with van der Waals surface area (Å²) in [6.07, 6.45) is 7.41. The lowest BCUT2D eigenvalue weighted by Gasteiger charge is -2.42. The van der Waals surface area contributed by atoms with Crippen molar-refractivity contribution in [3.8, 4) is 0 Å². The molecule has 0 aliphatic heterocycles. The van der Waals surface area contributed by atoms with Gasteiger partial charge in [0.25, 0.3) is 0 Å². The van der Waals surface area contributed by atoms with Crippen LogP contribution in [0.15, 0.2) is 0 Å². The van der Waals surface area contributed by atoms with E-state index in [1.807, 2.05) is 0 Å².